The molecule has 1 heterocycles. The van der Waals surface area contributed by atoms with Crippen LogP contribution in [-0.2, 0) is 12.7 Å². The first-order chi connectivity index (χ1) is 6.03. The second-order valence-electron chi connectivity index (χ2n) is 3.09. The van der Waals surface area contributed by atoms with E-state index in [-0.39, 0.29) is 6.54 Å². The normalized spacial score (nSPS) is 15.5. The number of nitrogens with two attached hydrogens (primary N) is 1. The molecule has 0 aromatic carbocycles. The van der Waals surface area contributed by atoms with Crippen LogP contribution >= 0.6 is 0 Å². The van der Waals surface area contributed by atoms with E-state index in [0.29, 0.717) is 11.4 Å². The Bertz CT molecular complexity index is 296. The van der Waals surface area contributed by atoms with Crippen molar-refractivity contribution in [3.05, 3.63) is 11.9 Å². The first-order valence-corrected chi connectivity index (χ1v) is 3.98. The summed E-state index contributed by atoms with van der Waals surface area (Å²) in [6.45, 7) is 1.31. The van der Waals surface area contributed by atoms with E-state index < -0.39 is 5.67 Å². The van der Waals surface area contributed by atoms with Crippen molar-refractivity contribution in [3.8, 4) is 5.75 Å². The van der Waals surface area contributed by atoms with Crippen molar-refractivity contribution >= 4 is 0 Å². The van der Waals surface area contributed by atoms with Crippen LogP contribution in [-0.4, -0.2) is 23.4 Å². The number of rotatable bonds is 3. The molecule has 1 rings (SSSR count). The molecule has 0 saturated heterocycles. The molecule has 1 atom stereocenters. The minimum Gasteiger partial charge on any atom is -0.493 e. The number of hydrogen-bond donors (Lipinski definition) is 1. The largest absolute Gasteiger partial charge is 0.493 e. The number of ether oxygens (including phenoxy) is 1. The maximum Gasteiger partial charge on any atom is 0.165 e. The highest BCUT2D eigenvalue weighted by molar-refractivity contribution is 5.30. The van der Waals surface area contributed by atoms with Gasteiger partial charge in [-0.1, -0.05) is 0 Å². The van der Waals surface area contributed by atoms with Gasteiger partial charge in [-0.25, -0.2) is 4.39 Å². The van der Waals surface area contributed by atoms with Gasteiger partial charge in [0.25, 0.3) is 0 Å². The third kappa shape index (κ3) is 1.65. The van der Waals surface area contributed by atoms with Crippen molar-refractivity contribution in [1.82, 2.24) is 9.78 Å². The first-order valence-electron chi connectivity index (χ1n) is 3.98. The van der Waals surface area contributed by atoms with Crippen LogP contribution in [0.1, 0.15) is 12.6 Å². The highest BCUT2D eigenvalue weighted by atomic mass is 19.1. The molecule has 0 amide bonds. The Hall–Kier alpha value is -1.10. The molecule has 0 aliphatic rings. The maximum absolute atomic E-state index is 13.8. The van der Waals surface area contributed by atoms with E-state index in [4.69, 9.17) is 10.5 Å². The fourth-order valence-electron chi connectivity index (χ4n) is 1.26. The standard InChI is InChI=1S/C8H14FN3O/c1-8(9,5-10)7-6(13-3)4-11-12(7)2/h4H,5,10H2,1-3H3. The summed E-state index contributed by atoms with van der Waals surface area (Å²) in [6, 6.07) is 0. The molecule has 0 saturated carbocycles. The number of methoxy groups -OCH3 is 1. The SMILES string of the molecule is COc1cnn(C)c1C(C)(F)CN. The highest BCUT2D eigenvalue weighted by Gasteiger charge is 2.31. The fourth-order valence-corrected chi connectivity index (χ4v) is 1.26. The summed E-state index contributed by atoms with van der Waals surface area (Å²) in [6.07, 6.45) is 1.48. The molecular weight excluding hydrogens is 173 g/mol. The van der Waals surface area contributed by atoms with Gasteiger partial charge in [-0.3, -0.25) is 4.68 Å². The smallest absolute Gasteiger partial charge is 0.165 e. The molecular formula is C8H14FN3O. The molecule has 13 heavy (non-hydrogen) atoms. The topological polar surface area (TPSA) is 53.1 Å². The van der Waals surface area contributed by atoms with Gasteiger partial charge in [-0.05, 0) is 6.92 Å². The molecule has 0 fully saturated rings. The zero-order valence-corrected chi connectivity index (χ0v) is 8.04. The van der Waals surface area contributed by atoms with Crippen molar-refractivity contribution in [2.24, 2.45) is 12.8 Å². The summed E-state index contributed by atoms with van der Waals surface area (Å²) in [5.41, 5.74) is 4.09. The number of alkyl halides is 1. The monoisotopic (exact) mass is 187 g/mol. The minimum absolute atomic E-state index is 0.0944. The third-order valence-corrected chi connectivity index (χ3v) is 2.00. The quantitative estimate of drug-likeness (QED) is 0.752. The van der Waals surface area contributed by atoms with Crippen LogP contribution in [0, 0.1) is 0 Å². The van der Waals surface area contributed by atoms with Crippen LogP contribution in [0.15, 0.2) is 6.20 Å². The Morgan fingerprint density at radius 3 is 2.85 bits per heavy atom. The second-order valence-corrected chi connectivity index (χ2v) is 3.09. The number of aromatic nitrogens is 2. The number of nitrogens with zero attached hydrogens (tertiary/aromatic N) is 2. The van der Waals surface area contributed by atoms with Gasteiger partial charge in [0.1, 0.15) is 5.69 Å². The maximum atomic E-state index is 13.8. The van der Waals surface area contributed by atoms with Crippen LogP contribution in [0.4, 0.5) is 4.39 Å². The summed E-state index contributed by atoms with van der Waals surface area (Å²) in [7, 11) is 3.14. The van der Waals surface area contributed by atoms with E-state index in [9.17, 15) is 4.39 Å². The Morgan fingerprint density at radius 2 is 2.38 bits per heavy atom. The van der Waals surface area contributed by atoms with Gasteiger partial charge >= 0.3 is 0 Å². The number of aryl methyl sites for hydroxylation is 1. The van der Waals surface area contributed by atoms with Gasteiger partial charge in [-0.2, -0.15) is 5.10 Å². The molecule has 1 aromatic heterocycles. The van der Waals surface area contributed by atoms with Gasteiger partial charge in [0.15, 0.2) is 11.4 Å². The minimum atomic E-state index is -1.60. The summed E-state index contributed by atoms with van der Waals surface area (Å²) in [5, 5.41) is 3.90. The first kappa shape index (κ1) is 9.98. The molecule has 1 aromatic rings. The average molecular weight is 187 g/mol. The zero-order chi connectivity index (χ0) is 10.1. The summed E-state index contributed by atoms with van der Waals surface area (Å²) < 4.78 is 20.2. The van der Waals surface area contributed by atoms with Gasteiger partial charge in [-0.15, -0.1) is 0 Å². The van der Waals surface area contributed by atoms with Crippen LogP contribution in [0.5, 0.6) is 5.75 Å². The lowest BCUT2D eigenvalue weighted by Gasteiger charge is -2.19. The lowest BCUT2D eigenvalue weighted by atomic mass is 10.0. The van der Waals surface area contributed by atoms with E-state index in [0.717, 1.165) is 0 Å². The van der Waals surface area contributed by atoms with Crippen molar-refractivity contribution in [2.45, 2.75) is 12.6 Å². The molecule has 0 aliphatic heterocycles. The molecule has 2 N–H and O–H groups in total. The Morgan fingerprint density at radius 1 is 1.77 bits per heavy atom. The molecule has 0 spiro atoms. The van der Waals surface area contributed by atoms with Crippen molar-refractivity contribution in [3.63, 3.8) is 0 Å². The Kier molecular flexibility index (Phi) is 2.56. The summed E-state index contributed by atoms with van der Waals surface area (Å²) in [5.74, 6) is 0.429. The molecule has 0 aliphatic carbocycles. The van der Waals surface area contributed by atoms with Crippen molar-refractivity contribution < 1.29 is 9.13 Å². The molecule has 0 radical (unpaired) electrons. The zero-order valence-electron chi connectivity index (χ0n) is 8.04. The Balaban J connectivity index is 3.18. The van der Waals surface area contributed by atoms with E-state index in [2.05, 4.69) is 5.10 Å². The third-order valence-electron chi connectivity index (χ3n) is 2.00. The van der Waals surface area contributed by atoms with Crippen molar-refractivity contribution in [1.29, 1.82) is 0 Å². The second kappa shape index (κ2) is 3.33. The van der Waals surface area contributed by atoms with Gasteiger partial charge in [0.2, 0.25) is 0 Å². The van der Waals surface area contributed by atoms with E-state index >= 15 is 0 Å². The van der Waals surface area contributed by atoms with E-state index in [1.807, 2.05) is 0 Å². The van der Waals surface area contributed by atoms with Gasteiger partial charge < -0.3 is 10.5 Å². The average Bonchev–Trinajstić information content (AvgIpc) is 2.47. The lowest BCUT2D eigenvalue weighted by molar-refractivity contribution is 0.183. The highest BCUT2D eigenvalue weighted by Crippen LogP contribution is 2.31. The number of hydrogen-bond acceptors (Lipinski definition) is 3. The lowest BCUT2D eigenvalue weighted by Crippen LogP contribution is -2.29. The van der Waals surface area contributed by atoms with Gasteiger partial charge in [0, 0.05) is 13.6 Å². The summed E-state index contributed by atoms with van der Waals surface area (Å²) >= 11 is 0. The number of halogens is 1. The molecule has 1 unspecified atom stereocenters. The molecule has 4 nitrogen and oxygen atoms in total. The molecule has 74 valence electrons. The predicted octanol–water partition coefficient (Wildman–Crippen LogP) is 0.572. The fraction of sp³-hybridized carbons (Fsp3) is 0.625. The van der Waals surface area contributed by atoms with Crippen LogP contribution in [0.3, 0.4) is 0 Å². The van der Waals surface area contributed by atoms with Gasteiger partial charge in [0.05, 0.1) is 13.3 Å². The van der Waals surface area contributed by atoms with Crippen LogP contribution < -0.4 is 10.5 Å². The molecule has 0 bridgehead atoms. The molecule has 5 heteroatoms. The van der Waals surface area contributed by atoms with E-state index in [1.54, 1.807) is 7.05 Å². The van der Waals surface area contributed by atoms with E-state index in [1.165, 1.54) is 24.9 Å². The van der Waals surface area contributed by atoms with Crippen LogP contribution in [0.2, 0.25) is 0 Å². The van der Waals surface area contributed by atoms with Crippen LogP contribution in [0.25, 0.3) is 0 Å². The predicted molar refractivity (Wildman–Crippen MR) is 47.3 cm³/mol. The summed E-state index contributed by atoms with van der Waals surface area (Å²) in [4.78, 5) is 0. The van der Waals surface area contributed by atoms with Crippen molar-refractivity contribution in [2.75, 3.05) is 13.7 Å². The Labute approximate surface area is 76.5 Å².